The van der Waals surface area contributed by atoms with E-state index in [1.165, 1.54) is 6.07 Å². The fourth-order valence-corrected chi connectivity index (χ4v) is 3.98. The van der Waals surface area contributed by atoms with Crippen LogP contribution in [0, 0.1) is 0 Å². The minimum atomic E-state index is -1.19. The summed E-state index contributed by atoms with van der Waals surface area (Å²) in [6, 6.07) is 20.9. The van der Waals surface area contributed by atoms with Crippen LogP contribution in [0.2, 0.25) is 0 Å². The molecule has 1 aromatic heterocycles. The quantitative estimate of drug-likeness (QED) is 0.434. The minimum Gasteiger partial charge on any atom is -0.465 e. The van der Waals surface area contributed by atoms with E-state index >= 15 is 0 Å². The summed E-state index contributed by atoms with van der Waals surface area (Å²) in [4.78, 5) is 23.9. The Morgan fingerprint density at radius 3 is 2.61 bits per heavy atom. The van der Waals surface area contributed by atoms with E-state index in [0.29, 0.717) is 17.0 Å². The number of hydrogen-bond acceptors (Lipinski definition) is 3. The van der Waals surface area contributed by atoms with Gasteiger partial charge in [0.15, 0.2) is 5.76 Å². The average Bonchev–Trinajstić information content (AvgIpc) is 3.25. The number of ketones is 1. The van der Waals surface area contributed by atoms with Gasteiger partial charge in [0.25, 0.3) is 0 Å². The lowest BCUT2D eigenvalue weighted by Crippen LogP contribution is -2.07. The summed E-state index contributed by atoms with van der Waals surface area (Å²) in [5.74, 6) is 0.340. The Kier molecular flexibility index (Phi) is 4.33. The number of amides is 1. The van der Waals surface area contributed by atoms with Gasteiger partial charge in [-0.25, -0.2) is 4.79 Å². The van der Waals surface area contributed by atoms with E-state index in [1.807, 2.05) is 48.1 Å². The number of ether oxygens (including phenoxy) is 1. The maximum Gasteiger partial charge on any atom is 0.409 e. The molecule has 0 bridgehead atoms. The zero-order valence-electron chi connectivity index (χ0n) is 16.6. The number of anilines is 1. The Bertz CT molecular complexity index is 1380. The molecule has 2 heterocycles. The molecule has 0 fully saturated rings. The first kappa shape index (κ1) is 18.7. The highest BCUT2D eigenvalue weighted by molar-refractivity contribution is 6.16. The van der Waals surface area contributed by atoms with E-state index < -0.39 is 6.09 Å². The molecular weight excluding hydrogens is 392 g/mol. The van der Waals surface area contributed by atoms with Crippen LogP contribution in [0.25, 0.3) is 28.1 Å². The van der Waals surface area contributed by atoms with Crippen LogP contribution < -0.4 is 10.1 Å². The van der Waals surface area contributed by atoms with Gasteiger partial charge in [0, 0.05) is 35.4 Å². The zero-order valence-corrected chi connectivity index (χ0v) is 16.6. The predicted octanol–water partition coefficient (Wildman–Crippen LogP) is 5.55. The highest BCUT2D eigenvalue weighted by Gasteiger charge is 2.28. The van der Waals surface area contributed by atoms with Crippen molar-refractivity contribution in [1.29, 1.82) is 0 Å². The van der Waals surface area contributed by atoms with Crippen LogP contribution in [-0.4, -0.2) is 21.6 Å². The molecule has 0 radical (unpaired) electrons. The second kappa shape index (κ2) is 7.18. The van der Waals surface area contributed by atoms with Gasteiger partial charge in [0.05, 0.1) is 5.56 Å². The van der Waals surface area contributed by atoms with Crippen molar-refractivity contribution in [2.45, 2.75) is 0 Å². The van der Waals surface area contributed by atoms with Crippen LogP contribution >= 0.6 is 0 Å². The van der Waals surface area contributed by atoms with Gasteiger partial charge >= 0.3 is 6.09 Å². The van der Waals surface area contributed by atoms with Crippen molar-refractivity contribution in [3.63, 3.8) is 0 Å². The number of allylic oxidation sites excluding steroid dienone is 1. The normalized spacial score (nSPS) is 14.0. The smallest absolute Gasteiger partial charge is 0.409 e. The molecule has 4 aromatic rings. The minimum absolute atomic E-state index is 0.206. The van der Waals surface area contributed by atoms with E-state index in [1.54, 1.807) is 18.2 Å². The number of fused-ring (bicyclic) bond motifs is 2. The van der Waals surface area contributed by atoms with Gasteiger partial charge in [-0.15, -0.1) is 0 Å². The molecule has 152 valence electrons. The first-order chi connectivity index (χ1) is 15.0. The molecule has 0 spiro atoms. The van der Waals surface area contributed by atoms with Crippen molar-refractivity contribution >= 4 is 34.5 Å². The van der Waals surface area contributed by atoms with E-state index in [-0.39, 0.29) is 11.5 Å². The molecule has 0 aliphatic carbocycles. The SMILES string of the molecule is Cn1cc(C=C2Oc3ccc(NC(=O)O)cc3C2=O)c2c(-c3ccccc3)cccc21. The third kappa shape index (κ3) is 3.24. The van der Waals surface area contributed by atoms with Crippen molar-refractivity contribution in [3.05, 3.63) is 89.8 Å². The largest absolute Gasteiger partial charge is 0.465 e. The predicted molar refractivity (Wildman–Crippen MR) is 119 cm³/mol. The van der Waals surface area contributed by atoms with Gasteiger partial charge in [0.2, 0.25) is 5.78 Å². The maximum absolute atomic E-state index is 13.0. The number of aromatic nitrogens is 1. The number of Topliss-reactive ketones (excluding diaryl/α,β-unsaturated/α-hetero) is 1. The summed E-state index contributed by atoms with van der Waals surface area (Å²) in [6.45, 7) is 0. The Morgan fingerprint density at radius 1 is 1.03 bits per heavy atom. The molecule has 6 nitrogen and oxygen atoms in total. The summed E-state index contributed by atoms with van der Waals surface area (Å²) < 4.78 is 7.84. The third-order valence-corrected chi connectivity index (χ3v) is 5.33. The summed E-state index contributed by atoms with van der Waals surface area (Å²) >= 11 is 0. The van der Waals surface area contributed by atoms with Gasteiger partial charge in [-0.3, -0.25) is 10.1 Å². The number of rotatable bonds is 3. The number of nitrogens with zero attached hydrogens (tertiary/aromatic N) is 1. The van der Waals surface area contributed by atoms with Crippen LogP contribution in [0.15, 0.2) is 78.7 Å². The van der Waals surface area contributed by atoms with Gasteiger partial charge in [0.1, 0.15) is 5.75 Å². The van der Waals surface area contributed by atoms with Crippen molar-refractivity contribution < 1.29 is 19.4 Å². The van der Waals surface area contributed by atoms with E-state index in [9.17, 15) is 9.59 Å². The van der Waals surface area contributed by atoms with Crippen LogP contribution in [0.3, 0.4) is 0 Å². The third-order valence-electron chi connectivity index (χ3n) is 5.33. The fraction of sp³-hybridized carbons (Fsp3) is 0.0400. The second-order valence-corrected chi connectivity index (χ2v) is 7.34. The molecule has 31 heavy (non-hydrogen) atoms. The number of carboxylic acid groups (broad SMARTS) is 1. The first-order valence-electron chi connectivity index (χ1n) is 9.73. The zero-order chi connectivity index (χ0) is 21.5. The number of hydrogen-bond donors (Lipinski definition) is 2. The molecule has 0 unspecified atom stereocenters. The van der Waals surface area contributed by atoms with Gasteiger partial charge in [-0.1, -0.05) is 42.5 Å². The molecule has 1 aliphatic heterocycles. The van der Waals surface area contributed by atoms with E-state index in [4.69, 9.17) is 9.84 Å². The van der Waals surface area contributed by atoms with Crippen LogP contribution in [0.5, 0.6) is 5.75 Å². The molecular formula is C25H18N2O4. The van der Waals surface area contributed by atoms with Crippen molar-refractivity contribution in [2.24, 2.45) is 7.05 Å². The first-order valence-corrected chi connectivity index (χ1v) is 9.73. The second-order valence-electron chi connectivity index (χ2n) is 7.34. The highest BCUT2D eigenvalue weighted by Crippen LogP contribution is 2.37. The summed E-state index contributed by atoms with van der Waals surface area (Å²) in [7, 11) is 1.97. The Labute approximate surface area is 178 Å². The van der Waals surface area contributed by atoms with Gasteiger partial charge < -0.3 is 14.4 Å². The molecule has 3 aromatic carbocycles. The topological polar surface area (TPSA) is 80.6 Å². The number of benzene rings is 3. The standard InChI is InChI=1S/C25H18N2O4/c1-27-14-16(23-18(8-5-9-20(23)27)15-6-3-2-4-7-15)12-22-24(28)19-13-17(26-25(29)30)10-11-21(19)31-22/h2-14,26H,1H3,(H,29,30). The number of aryl methyl sites for hydroxylation is 1. The van der Waals surface area contributed by atoms with Crippen molar-refractivity contribution in [3.8, 4) is 16.9 Å². The molecule has 5 rings (SSSR count). The molecule has 0 saturated heterocycles. The highest BCUT2D eigenvalue weighted by atomic mass is 16.5. The molecule has 0 saturated carbocycles. The molecule has 0 atom stereocenters. The molecule has 1 aliphatic rings. The Hall–Kier alpha value is -4.32. The van der Waals surface area contributed by atoms with Gasteiger partial charge in [-0.05, 0) is 41.5 Å². The van der Waals surface area contributed by atoms with Crippen LogP contribution in [-0.2, 0) is 7.05 Å². The summed E-state index contributed by atoms with van der Waals surface area (Å²) in [5.41, 5.74) is 4.73. The average molecular weight is 410 g/mol. The lowest BCUT2D eigenvalue weighted by Gasteiger charge is -2.06. The monoisotopic (exact) mass is 410 g/mol. The molecule has 1 amide bonds. The Balaban J connectivity index is 1.61. The van der Waals surface area contributed by atoms with E-state index in [2.05, 4.69) is 23.5 Å². The Morgan fingerprint density at radius 2 is 1.84 bits per heavy atom. The van der Waals surface area contributed by atoms with Crippen molar-refractivity contribution in [1.82, 2.24) is 4.57 Å². The number of carbonyl (C=O) groups excluding carboxylic acids is 1. The number of nitrogens with one attached hydrogen (secondary N) is 1. The molecule has 6 heteroatoms. The molecule has 2 N–H and O–H groups in total. The number of carbonyl (C=O) groups is 2. The summed E-state index contributed by atoms with van der Waals surface area (Å²) in [5, 5.41) is 12.2. The summed E-state index contributed by atoms with van der Waals surface area (Å²) in [6.07, 6.45) is 2.54. The van der Waals surface area contributed by atoms with Crippen LogP contribution in [0.1, 0.15) is 15.9 Å². The van der Waals surface area contributed by atoms with Crippen molar-refractivity contribution in [2.75, 3.05) is 5.32 Å². The van der Waals surface area contributed by atoms with E-state index in [0.717, 1.165) is 27.6 Å². The lowest BCUT2D eigenvalue weighted by molar-refractivity contribution is 0.101. The maximum atomic E-state index is 13.0. The lowest BCUT2D eigenvalue weighted by atomic mass is 9.98. The van der Waals surface area contributed by atoms with Gasteiger partial charge in [-0.2, -0.15) is 0 Å². The fourth-order valence-electron chi connectivity index (χ4n) is 3.98. The van der Waals surface area contributed by atoms with Crippen LogP contribution in [0.4, 0.5) is 10.5 Å².